The fraction of sp³-hybridized carbons (Fsp3) is 0.333. The summed E-state index contributed by atoms with van der Waals surface area (Å²) in [5, 5.41) is 11.2. The van der Waals surface area contributed by atoms with Gasteiger partial charge in [-0.2, -0.15) is 0 Å². The molecule has 0 spiro atoms. The molecule has 140 valence electrons. The summed E-state index contributed by atoms with van der Waals surface area (Å²) in [5.74, 6) is 0.182. The van der Waals surface area contributed by atoms with Crippen LogP contribution >= 0.6 is 0 Å². The molecule has 4 N–H and O–H groups in total. The Bertz CT molecular complexity index is 849. The van der Waals surface area contributed by atoms with Crippen LogP contribution in [0.1, 0.15) is 29.9 Å². The number of nitrogens with one attached hydrogen (secondary N) is 2. The average Bonchev–Trinajstić information content (AvgIpc) is 2.59. The van der Waals surface area contributed by atoms with Crippen LogP contribution in [0.5, 0.6) is 0 Å². The van der Waals surface area contributed by atoms with Crippen molar-refractivity contribution in [3.63, 3.8) is 0 Å². The third-order valence-electron chi connectivity index (χ3n) is 3.66. The molecule has 0 aliphatic rings. The minimum Gasteiger partial charge on any atom is -0.385 e. The van der Waals surface area contributed by atoms with Gasteiger partial charge in [0.25, 0.3) is 5.91 Å². The van der Waals surface area contributed by atoms with E-state index >= 15 is 0 Å². The largest absolute Gasteiger partial charge is 0.385 e. The van der Waals surface area contributed by atoms with Crippen LogP contribution in [-0.4, -0.2) is 32.4 Å². The molecular weight excluding hydrogens is 352 g/mol. The number of amides is 1. The number of hydrogen-bond acceptors (Lipinski definition) is 5. The third-order valence-corrected chi connectivity index (χ3v) is 4.59. The van der Waals surface area contributed by atoms with Gasteiger partial charge in [-0.1, -0.05) is 26.0 Å². The molecule has 0 saturated heterocycles. The molecule has 0 radical (unpaired) electrons. The highest BCUT2D eigenvalue weighted by Gasteiger charge is 2.09. The molecule has 0 aliphatic carbocycles. The molecule has 8 heteroatoms. The number of hydrogen-bond donors (Lipinski definition) is 3. The second-order valence-electron chi connectivity index (χ2n) is 6.40. The van der Waals surface area contributed by atoms with Crippen molar-refractivity contribution in [3.8, 4) is 0 Å². The lowest BCUT2D eigenvalue weighted by Crippen LogP contribution is -2.28. The van der Waals surface area contributed by atoms with Gasteiger partial charge in [-0.25, -0.2) is 13.6 Å². The Morgan fingerprint density at radius 3 is 2.50 bits per heavy atom. The summed E-state index contributed by atoms with van der Waals surface area (Å²) in [5.41, 5.74) is 2.15. The maximum atomic E-state index is 12.0. The highest BCUT2D eigenvalue weighted by atomic mass is 32.2. The number of rotatable bonds is 8. The van der Waals surface area contributed by atoms with Crippen LogP contribution in [0.4, 0.5) is 5.69 Å². The number of carbonyl (C=O) groups is 1. The van der Waals surface area contributed by atoms with E-state index in [4.69, 9.17) is 5.14 Å². The average molecular weight is 376 g/mol. The number of anilines is 1. The summed E-state index contributed by atoms with van der Waals surface area (Å²) in [6, 6.07) is 9.96. The summed E-state index contributed by atoms with van der Waals surface area (Å²) in [6.07, 6.45) is 2.29. The van der Waals surface area contributed by atoms with Gasteiger partial charge >= 0.3 is 0 Å². The van der Waals surface area contributed by atoms with Crippen LogP contribution in [0.2, 0.25) is 0 Å². The molecule has 0 atom stereocenters. The normalized spacial score (nSPS) is 11.4. The topological polar surface area (TPSA) is 114 Å². The number of carbonyl (C=O) groups excluding carboxylic acids is 1. The zero-order valence-corrected chi connectivity index (χ0v) is 15.7. The minimum atomic E-state index is -3.67. The van der Waals surface area contributed by atoms with Gasteiger partial charge in [-0.05, 0) is 42.2 Å². The van der Waals surface area contributed by atoms with E-state index < -0.39 is 10.0 Å². The van der Waals surface area contributed by atoms with Crippen molar-refractivity contribution in [2.75, 3.05) is 18.4 Å². The molecule has 1 aromatic carbocycles. The van der Waals surface area contributed by atoms with E-state index in [2.05, 4.69) is 15.6 Å². The Labute approximate surface area is 154 Å². The van der Waals surface area contributed by atoms with Crippen molar-refractivity contribution in [3.05, 3.63) is 53.9 Å². The van der Waals surface area contributed by atoms with Crippen molar-refractivity contribution in [1.29, 1.82) is 0 Å². The summed E-state index contributed by atoms with van der Waals surface area (Å²) >= 11 is 0. The van der Waals surface area contributed by atoms with Crippen molar-refractivity contribution in [1.82, 2.24) is 10.3 Å². The Kier molecular flexibility index (Phi) is 6.70. The smallest absolute Gasteiger partial charge is 0.269 e. The second kappa shape index (κ2) is 8.77. The first-order chi connectivity index (χ1) is 12.3. The van der Waals surface area contributed by atoms with Crippen molar-refractivity contribution in [2.45, 2.75) is 25.2 Å². The van der Waals surface area contributed by atoms with E-state index in [1.54, 1.807) is 30.5 Å². The predicted octanol–water partition coefficient (Wildman–Crippen LogP) is 1.77. The quantitative estimate of drug-likeness (QED) is 0.650. The number of primary sulfonamides is 1. The predicted molar refractivity (Wildman–Crippen MR) is 101 cm³/mol. The van der Waals surface area contributed by atoms with Gasteiger partial charge in [0.1, 0.15) is 5.69 Å². The van der Waals surface area contributed by atoms with E-state index in [0.29, 0.717) is 31.1 Å². The van der Waals surface area contributed by atoms with Gasteiger partial charge in [-0.3, -0.25) is 9.78 Å². The van der Waals surface area contributed by atoms with Crippen molar-refractivity contribution in [2.24, 2.45) is 11.1 Å². The number of nitrogens with two attached hydrogens (primary N) is 1. The summed E-state index contributed by atoms with van der Waals surface area (Å²) in [4.78, 5) is 16.2. The third kappa shape index (κ3) is 6.12. The summed E-state index contributed by atoms with van der Waals surface area (Å²) in [7, 11) is -3.67. The number of aromatic nitrogens is 1. The molecule has 1 heterocycles. The van der Waals surface area contributed by atoms with E-state index in [0.717, 1.165) is 11.3 Å². The molecule has 2 aromatic rings. The Balaban J connectivity index is 1.90. The Morgan fingerprint density at radius 1 is 1.19 bits per heavy atom. The van der Waals surface area contributed by atoms with Gasteiger partial charge < -0.3 is 10.6 Å². The molecule has 0 fully saturated rings. The molecule has 0 unspecified atom stereocenters. The lowest BCUT2D eigenvalue weighted by Gasteiger charge is -2.10. The van der Waals surface area contributed by atoms with Crippen molar-refractivity contribution >= 4 is 21.6 Å². The molecule has 1 amide bonds. The first-order valence-corrected chi connectivity index (χ1v) is 9.90. The minimum absolute atomic E-state index is 0.0976. The Morgan fingerprint density at radius 2 is 1.88 bits per heavy atom. The summed E-state index contributed by atoms with van der Waals surface area (Å²) < 4.78 is 22.5. The van der Waals surface area contributed by atoms with E-state index in [1.807, 2.05) is 13.8 Å². The van der Waals surface area contributed by atoms with Crippen molar-refractivity contribution < 1.29 is 13.2 Å². The van der Waals surface area contributed by atoms with Gasteiger partial charge in [0, 0.05) is 25.0 Å². The standard InChI is InChI=1S/C18H24N4O3S/c1-13(2)12-22-18(23)17-11-15(8-10-21-17)20-9-7-14-3-5-16(6-4-14)26(19,24)25/h3-6,8,10-11,13H,7,9,12H2,1-2H3,(H,20,21)(H,22,23)(H2,19,24,25). The van der Waals surface area contributed by atoms with Gasteiger partial charge in [-0.15, -0.1) is 0 Å². The monoisotopic (exact) mass is 376 g/mol. The molecule has 0 bridgehead atoms. The van der Waals surface area contributed by atoms with Crippen LogP contribution < -0.4 is 15.8 Å². The second-order valence-corrected chi connectivity index (χ2v) is 7.96. The fourth-order valence-corrected chi connectivity index (χ4v) is 2.76. The van der Waals surface area contributed by atoms with E-state index in [-0.39, 0.29) is 10.8 Å². The number of nitrogens with zero attached hydrogens (tertiary/aromatic N) is 1. The molecule has 26 heavy (non-hydrogen) atoms. The first-order valence-electron chi connectivity index (χ1n) is 8.35. The fourth-order valence-electron chi connectivity index (χ4n) is 2.25. The first kappa shape index (κ1) is 19.9. The highest BCUT2D eigenvalue weighted by Crippen LogP contribution is 2.11. The Hall–Kier alpha value is -2.45. The molecule has 0 saturated carbocycles. The highest BCUT2D eigenvalue weighted by molar-refractivity contribution is 7.89. The van der Waals surface area contributed by atoms with Crippen LogP contribution in [0.3, 0.4) is 0 Å². The maximum absolute atomic E-state index is 12.0. The maximum Gasteiger partial charge on any atom is 0.269 e. The number of sulfonamides is 1. The van der Waals surface area contributed by atoms with Crippen LogP contribution in [0, 0.1) is 5.92 Å². The molecular formula is C18H24N4O3S. The van der Waals surface area contributed by atoms with Gasteiger partial charge in [0.2, 0.25) is 10.0 Å². The van der Waals surface area contributed by atoms with Crippen LogP contribution in [0.15, 0.2) is 47.5 Å². The van der Waals surface area contributed by atoms with E-state index in [1.165, 1.54) is 12.1 Å². The van der Waals surface area contributed by atoms with Crippen LogP contribution in [-0.2, 0) is 16.4 Å². The van der Waals surface area contributed by atoms with E-state index in [9.17, 15) is 13.2 Å². The zero-order valence-electron chi connectivity index (χ0n) is 14.9. The van der Waals surface area contributed by atoms with Gasteiger partial charge in [0.05, 0.1) is 4.90 Å². The SMILES string of the molecule is CC(C)CNC(=O)c1cc(NCCc2ccc(S(N)(=O)=O)cc2)ccn1. The number of benzene rings is 1. The molecule has 7 nitrogen and oxygen atoms in total. The molecule has 2 rings (SSSR count). The van der Waals surface area contributed by atoms with Crippen LogP contribution in [0.25, 0.3) is 0 Å². The summed E-state index contributed by atoms with van der Waals surface area (Å²) in [6.45, 7) is 5.29. The van der Waals surface area contributed by atoms with Gasteiger partial charge in [0.15, 0.2) is 0 Å². The lowest BCUT2D eigenvalue weighted by atomic mass is 10.1. The zero-order chi connectivity index (χ0) is 19.2. The lowest BCUT2D eigenvalue weighted by molar-refractivity contribution is 0.0944. The molecule has 0 aliphatic heterocycles. The number of pyridine rings is 1. The molecule has 1 aromatic heterocycles.